The van der Waals surface area contributed by atoms with Gasteiger partial charge in [-0.2, -0.15) is 0 Å². The summed E-state index contributed by atoms with van der Waals surface area (Å²) in [7, 11) is 0. The Labute approximate surface area is 147 Å². The molecule has 3 rings (SSSR count). The molecule has 5 nitrogen and oxygen atoms in total. The number of ether oxygens (including phenoxy) is 2. The maximum Gasteiger partial charge on any atom is 0.318 e. The number of carbonyl (C=O) groups excluding carboxylic acids is 3. The molecule has 2 heterocycles. The van der Waals surface area contributed by atoms with Crippen LogP contribution in [0.25, 0.3) is 0 Å². The number of ketones is 2. The molecular formula is C20H22O5. The summed E-state index contributed by atoms with van der Waals surface area (Å²) in [5.41, 5.74) is 1.38. The molecule has 1 saturated heterocycles. The van der Waals surface area contributed by atoms with Crippen LogP contribution in [0.2, 0.25) is 0 Å². The van der Waals surface area contributed by atoms with E-state index >= 15 is 0 Å². The first-order valence-corrected chi connectivity index (χ1v) is 8.77. The van der Waals surface area contributed by atoms with E-state index in [0.717, 1.165) is 19.3 Å². The van der Waals surface area contributed by atoms with Crippen LogP contribution in [0, 0.1) is 11.8 Å². The Balaban J connectivity index is 1.89. The summed E-state index contributed by atoms with van der Waals surface area (Å²) in [6.07, 6.45) is 10.5. The van der Waals surface area contributed by atoms with Gasteiger partial charge in [-0.1, -0.05) is 25.8 Å². The van der Waals surface area contributed by atoms with Gasteiger partial charge in [-0.3, -0.25) is 14.4 Å². The minimum Gasteiger partial charge on any atom is -0.465 e. The number of esters is 1. The van der Waals surface area contributed by atoms with E-state index in [-0.39, 0.29) is 11.6 Å². The topological polar surface area (TPSA) is 69.7 Å². The van der Waals surface area contributed by atoms with Crippen LogP contribution in [-0.2, 0) is 23.9 Å². The van der Waals surface area contributed by atoms with Gasteiger partial charge in [0.25, 0.3) is 0 Å². The molecule has 1 fully saturated rings. The standard InChI is InChI=1S/C20H22O5/c1-3-5-6-8-15(21)18-17-14-11-24-13(7-4-2)9-12(14)10-16(22)19(17)25-20(18)23/h4,7,9-11,17-19H,3,5-6,8H2,1-2H3/b7-4+. The average molecular weight is 342 g/mol. The Hall–Kier alpha value is -2.43. The Morgan fingerprint density at radius 3 is 2.76 bits per heavy atom. The van der Waals surface area contributed by atoms with E-state index in [1.165, 1.54) is 6.08 Å². The molecule has 0 aromatic carbocycles. The highest BCUT2D eigenvalue weighted by Crippen LogP contribution is 2.44. The Bertz CT molecular complexity index is 722. The van der Waals surface area contributed by atoms with Gasteiger partial charge in [0.05, 0.1) is 12.2 Å². The molecule has 3 aliphatic rings. The molecule has 1 aliphatic carbocycles. The third kappa shape index (κ3) is 3.23. The van der Waals surface area contributed by atoms with Crippen molar-refractivity contribution in [1.82, 2.24) is 0 Å². The van der Waals surface area contributed by atoms with Gasteiger partial charge in [0.1, 0.15) is 17.5 Å². The number of carbonyl (C=O) groups is 3. The van der Waals surface area contributed by atoms with E-state index in [4.69, 9.17) is 9.47 Å². The Morgan fingerprint density at radius 2 is 2.04 bits per heavy atom. The molecule has 0 spiro atoms. The van der Waals surface area contributed by atoms with Crippen LogP contribution in [0.4, 0.5) is 0 Å². The minimum absolute atomic E-state index is 0.149. The molecule has 0 amide bonds. The van der Waals surface area contributed by atoms with Gasteiger partial charge in [-0.25, -0.2) is 0 Å². The first-order chi connectivity index (χ1) is 12.1. The molecule has 0 N–H and O–H groups in total. The maximum absolute atomic E-state index is 12.6. The van der Waals surface area contributed by atoms with E-state index in [2.05, 4.69) is 6.92 Å². The number of rotatable bonds is 6. The van der Waals surface area contributed by atoms with Crippen LogP contribution in [0.15, 0.2) is 47.5 Å². The molecular weight excluding hydrogens is 320 g/mol. The molecule has 0 aromatic rings. The van der Waals surface area contributed by atoms with Gasteiger partial charge in [0.2, 0.25) is 0 Å². The zero-order chi connectivity index (χ0) is 18.0. The van der Waals surface area contributed by atoms with Gasteiger partial charge < -0.3 is 9.47 Å². The molecule has 2 aliphatic heterocycles. The molecule has 3 unspecified atom stereocenters. The summed E-state index contributed by atoms with van der Waals surface area (Å²) in [6.45, 7) is 3.93. The van der Waals surface area contributed by atoms with E-state index < -0.39 is 23.9 Å². The second-order valence-electron chi connectivity index (χ2n) is 6.52. The van der Waals surface area contributed by atoms with Gasteiger partial charge >= 0.3 is 5.97 Å². The molecule has 0 bridgehead atoms. The van der Waals surface area contributed by atoms with Crippen LogP contribution in [0.1, 0.15) is 39.5 Å². The lowest BCUT2D eigenvalue weighted by molar-refractivity contribution is -0.149. The van der Waals surface area contributed by atoms with Crippen molar-refractivity contribution in [2.45, 2.75) is 45.6 Å². The predicted molar refractivity (Wildman–Crippen MR) is 91.2 cm³/mol. The van der Waals surface area contributed by atoms with Crippen molar-refractivity contribution in [2.75, 3.05) is 0 Å². The van der Waals surface area contributed by atoms with Crippen LogP contribution in [0.5, 0.6) is 0 Å². The largest absolute Gasteiger partial charge is 0.465 e. The molecule has 25 heavy (non-hydrogen) atoms. The number of unbranched alkanes of at least 4 members (excludes halogenated alkanes) is 2. The molecule has 132 valence electrons. The zero-order valence-electron chi connectivity index (χ0n) is 14.5. The fourth-order valence-corrected chi connectivity index (χ4v) is 3.56. The highest BCUT2D eigenvalue weighted by Gasteiger charge is 2.54. The fraction of sp³-hybridized carbons (Fsp3) is 0.450. The number of hydrogen-bond acceptors (Lipinski definition) is 5. The van der Waals surface area contributed by atoms with Crippen molar-refractivity contribution < 1.29 is 23.9 Å². The minimum atomic E-state index is -0.916. The average Bonchev–Trinajstić information content (AvgIpc) is 2.93. The van der Waals surface area contributed by atoms with Crippen molar-refractivity contribution in [3.05, 3.63) is 47.5 Å². The normalized spacial score (nSPS) is 27.8. The summed E-state index contributed by atoms with van der Waals surface area (Å²) >= 11 is 0. The van der Waals surface area contributed by atoms with Crippen molar-refractivity contribution in [3.63, 3.8) is 0 Å². The Morgan fingerprint density at radius 1 is 1.24 bits per heavy atom. The molecule has 3 atom stereocenters. The lowest BCUT2D eigenvalue weighted by atomic mass is 9.73. The van der Waals surface area contributed by atoms with Gasteiger partial charge in [-0.15, -0.1) is 0 Å². The fourth-order valence-electron chi connectivity index (χ4n) is 3.56. The van der Waals surface area contributed by atoms with Crippen molar-refractivity contribution in [1.29, 1.82) is 0 Å². The summed E-state index contributed by atoms with van der Waals surface area (Å²) in [4.78, 5) is 37.3. The summed E-state index contributed by atoms with van der Waals surface area (Å²) in [6, 6.07) is 0. The predicted octanol–water partition coefficient (Wildman–Crippen LogP) is 3.18. The van der Waals surface area contributed by atoms with Crippen LogP contribution in [-0.4, -0.2) is 23.6 Å². The van der Waals surface area contributed by atoms with E-state index in [9.17, 15) is 14.4 Å². The highest BCUT2D eigenvalue weighted by atomic mass is 16.6. The first kappa shape index (κ1) is 17.4. The van der Waals surface area contributed by atoms with Crippen LogP contribution < -0.4 is 0 Å². The lowest BCUT2D eigenvalue weighted by Crippen LogP contribution is -2.36. The van der Waals surface area contributed by atoms with E-state index in [1.807, 2.05) is 13.0 Å². The lowest BCUT2D eigenvalue weighted by Gasteiger charge is -2.28. The molecule has 0 radical (unpaired) electrons. The second-order valence-corrected chi connectivity index (χ2v) is 6.52. The second kappa shape index (κ2) is 7.21. The summed E-state index contributed by atoms with van der Waals surface area (Å²) < 4.78 is 10.8. The molecule has 5 heteroatoms. The summed E-state index contributed by atoms with van der Waals surface area (Å²) in [5.74, 6) is -1.90. The first-order valence-electron chi connectivity index (χ1n) is 8.77. The number of Topliss-reactive ketones (excluding diaryl/α,β-unsaturated/α-hetero) is 1. The van der Waals surface area contributed by atoms with Crippen LogP contribution >= 0.6 is 0 Å². The SMILES string of the molecule is C/C=C/C1=CC2=CC(=O)C3OC(=O)C(C(=O)CCCCC)C3C2=CO1. The monoisotopic (exact) mass is 342 g/mol. The van der Waals surface area contributed by atoms with E-state index in [1.54, 1.807) is 18.4 Å². The van der Waals surface area contributed by atoms with Crippen molar-refractivity contribution in [3.8, 4) is 0 Å². The van der Waals surface area contributed by atoms with Gasteiger partial charge in [-0.05, 0) is 37.1 Å². The van der Waals surface area contributed by atoms with Crippen LogP contribution in [0.3, 0.4) is 0 Å². The summed E-state index contributed by atoms with van der Waals surface area (Å²) in [5, 5.41) is 0. The van der Waals surface area contributed by atoms with Gasteiger partial charge in [0.15, 0.2) is 11.9 Å². The highest BCUT2D eigenvalue weighted by molar-refractivity contribution is 6.07. The van der Waals surface area contributed by atoms with Gasteiger partial charge in [0, 0.05) is 12.0 Å². The van der Waals surface area contributed by atoms with E-state index in [0.29, 0.717) is 23.3 Å². The van der Waals surface area contributed by atoms with Crippen molar-refractivity contribution >= 4 is 17.5 Å². The quantitative estimate of drug-likeness (QED) is 0.421. The molecule has 0 saturated carbocycles. The zero-order valence-corrected chi connectivity index (χ0v) is 14.5. The third-order valence-corrected chi connectivity index (χ3v) is 4.78. The Kier molecular flexibility index (Phi) is 5.02. The maximum atomic E-state index is 12.6. The number of hydrogen-bond donors (Lipinski definition) is 0. The smallest absolute Gasteiger partial charge is 0.318 e. The number of allylic oxidation sites excluding steroid dienone is 4. The number of fused-ring (bicyclic) bond motifs is 3. The third-order valence-electron chi connectivity index (χ3n) is 4.78. The van der Waals surface area contributed by atoms with Crippen molar-refractivity contribution in [2.24, 2.45) is 11.8 Å². The molecule has 0 aromatic heterocycles.